The number of amides is 1. The van der Waals surface area contributed by atoms with Crippen molar-refractivity contribution in [1.29, 1.82) is 0 Å². The van der Waals surface area contributed by atoms with Gasteiger partial charge in [0.25, 0.3) is 0 Å². The number of carbonyl (C=O) groups is 1. The van der Waals surface area contributed by atoms with Gasteiger partial charge in [-0.05, 0) is 41.8 Å². The normalized spacial score (nSPS) is 10.7. The molecule has 7 heteroatoms. The van der Waals surface area contributed by atoms with Gasteiger partial charge in [-0.3, -0.25) is 9.36 Å². The molecule has 0 radical (unpaired) electrons. The minimum absolute atomic E-state index is 0.0610. The van der Waals surface area contributed by atoms with Gasteiger partial charge in [0.15, 0.2) is 5.16 Å². The van der Waals surface area contributed by atoms with Crippen molar-refractivity contribution < 1.29 is 9.53 Å². The fourth-order valence-corrected chi connectivity index (χ4v) is 4.47. The van der Waals surface area contributed by atoms with Crippen LogP contribution in [-0.4, -0.2) is 33.5 Å². The molecule has 0 aliphatic rings. The van der Waals surface area contributed by atoms with Gasteiger partial charge in [-0.1, -0.05) is 72.4 Å². The fourth-order valence-electron chi connectivity index (χ4n) is 3.56. The quantitative estimate of drug-likeness (QED) is 0.244. The van der Waals surface area contributed by atoms with Crippen LogP contribution >= 0.6 is 11.8 Å². The topological polar surface area (TPSA) is 69.0 Å². The van der Waals surface area contributed by atoms with Crippen LogP contribution in [0.15, 0.2) is 90.1 Å². The van der Waals surface area contributed by atoms with Crippen LogP contribution in [-0.2, 0) is 17.8 Å². The van der Waals surface area contributed by atoms with Crippen LogP contribution in [0.25, 0.3) is 5.69 Å². The number of nitrogens with one attached hydrogen (secondary N) is 1. The summed E-state index contributed by atoms with van der Waals surface area (Å²) in [6.45, 7) is 0.557. The molecule has 0 aliphatic carbocycles. The Morgan fingerprint density at radius 1 is 0.912 bits per heavy atom. The first-order valence-corrected chi connectivity index (χ1v) is 12.3. The first-order valence-electron chi connectivity index (χ1n) is 11.3. The third-order valence-electron chi connectivity index (χ3n) is 5.35. The van der Waals surface area contributed by atoms with Crippen LogP contribution in [0, 0.1) is 0 Å². The maximum Gasteiger partial charge on any atom is 0.220 e. The van der Waals surface area contributed by atoms with Gasteiger partial charge < -0.3 is 10.1 Å². The summed E-state index contributed by atoms with van der Waals surface area (Å²) >= 11 is 1.62. The molecule has 0 bridgehead atoms. The van der Waals surface area contributed by atoms with Gasteiger partial charge in [0.2, 0.25) is 5.91 Å². The molecule has 0 saturated carbocycles. The lowest BCUT2D eigenvalue weighted by atomic mass is 10.1. The van der Waals surface area contributed by atoms with Crippen LogP contribution in [0.4, 0.5) is 0 Å². The van der Waals surface area contributed by atoms with E-state index in [0.29, 0.717) is 19.4 Å². The summed E-state index contributed by atoms with van der Waals surface area (Å²) in [5.41, 5.74) is 3.26. The number of methoxy groups -OCH3 is 1. The van der Waals surface area contributed by atoms with Gasteiger partial charge >= 0.3 is 0 Å². The molecule has 0 atom stereocenters. The van der Waals surface area contributed by atoms with Crippen molar-refractivity contribution in [1.82, 2.24) is 20.1 Å². The van der Waals surface area contributed by atoms with E-state index in [1.54, 1.807) is 18.9 Å². The van der Waals surface area contributed by atoms with Gasteiger partial charge in [0.1, 0.15) is 11.6 Å². The lowest BCUT2D eigenvalue weighted by molar-refractivity contribution is -0.121. The minimum atomic E-state index is 0.0610. The zero-order chi connectivity index (χ0) is 23.6. The Morgan fingerprint density at radius 3 is 2.26 bits per heavy atom. The predicted molar refractivity (Wildman–Crippen MR) is 135 cm³/mol. The smallest absolute Gasteiger partial charge is 0.220 e. The third-order valence-corrected chi connectivity index (χ3v) is 6.36. The highest BCUT2D eigenvalue weighted by atomic mass is 32.2. The first kappa shape index (κ1) is 23.6. The van der Waals surface area contributed by atoms with E-state index in [-0.39, 0.29) is 5.91 Å². The maximum atomic E-state index is 12.2. The molecule has 0 aliphatic heterocycles. The summed E-state index contributed by atoms with van der Waals surface area (Å²) in [6.07, 6.45) is 1.92. The highest BCUT2D eigenvalue weighted by Crippen LogP contribution is 2.25. The molecule has 34 heavy (non-hydrogen) atoms. The summed E-state index contributed by atoms with van der Waals surface area (Å²) in [5, 5.41) is 12.8. The Morgan fingerprint density at radius 2 is 1.59 bits per heavy atom. The largest absolute Gasteiger partial charge is 0.497 e. The molecule has 6 nitrogen and oxygen atoms in total. The SMILES string of the molecule is COc1ccc(-n2c(Cc3ccccc3)nnc2SCCCC(=O)NCc2ccccc2)cc1. The van der Waals surface area contributed by atoms with Gasteiger partial charge in [0, 0.05) is 30.8 Å². The number of hydrogen-bond donors (Lipinski definition) is 1. The highest BCUT2D eigenvalue weighted by molar-refractivity contribution is 7.99. The van der Waals surface area contributed by atoms with E-state index in [4.69, 9.17) is 4.74 Å². The molecule has 0 spiro atoms. The molecule has 1 aromatic heterocycles. The molecule has 1 N–H and O–H groups in total. The van der Waals surface area contributed by atoms with E-state index in [0.717, 1.165) is 40.2 Å². The monoisotopic (exact) mass is 472 g/mol. The molecule has 1 amide bonds. The minimum Gasteiger partial charge on any atom is -0.497 e. The zero-order valence-electron chi connectivity index (χ0n) is 19.2. The van der Waals surface area contributed by atoms with Crippen molar-refractivity contribution in [2.24, 2.45) is 0 Å². The number of ether oxygens (including phenoxy) is 1. The van der Waals surface area contributed by atoms with Crippen LogP contribution in [0.2, 0.25) is 0 Å². The number of benzene rings is 3. The average molecular weight is 473 g/mol. The molecule has 3 aromatic carbocycles. The van der Waals surface area contributed by atoms with Crippen molar-refractivity contribution in [3.8, 4) is 11.4 Å². The summed E-state index contributed by atoms with van der Waals surface area (Å²) in [5.74, 6) is 2.51. The van der Waals surface area contributed by atoms with E-state index in [1.165, 1.54) is 5.56 Å². The number of aromatic nitrogens is 3. The van der Waals surface area contributed by atoms with E-state index in [9.17, 15) is 4.79 Å². The average Bonchev–Trinajstić information content (AvgIpc) is 3.28. The number of hydrogen-bond acceptors (Lipinski definition) is 5. The second-order valence-electron chi connectivity index (χ2n) is 7.81. The Balaban J connectivity index is 1.39. The summed E-state index contributed by atoms with van der Waals surface area (Å²) in [4.78, 5) is 12.2. The second-order valence-corrected chi connectivity index (χ2v) is 8.87. The number of nitrogens with zero attached hydrogens (tertiary/aromatic N) is 3. The van der Waals surface area contributed by atoms with Gasteiger partial charge in [-0.25, -0.2) is 0 Å². The number of thioether (sulfide) groups is 1. The zero-order valence-corrected chi connectivity index (χ0v) is 20.0. The third kappa shape index (κ3) is 6.48. The van der Waals surface area contributed by atoms with E-state index in [2.05, 4.69) is 32.2 Å². The molecule has 4 rings (SSSR count). The second kappa shape index (κ2) is 12.0. The van der Waals surface area contributed by atoms with E-state index in [1.807, 2.05) is 72.8 Å². The molecular formula is C27H28N4O2S. The number of carbonyl (C=O) groups excluding carboxylic acids is 1. The summed E-state index contributed by atoms with van der Waals surface area (Å²) in [7, 11) is 1.66. The van der Waals surface area contributed by atoms with Crippen molar-refractivity contribution in [3.05, 3.63) is 102 Å². The fraction of sp³-hybridized carbons (Fsp3) is 0.222. The van der Waals surface area contributed by atoms with Crippen LogP contribution in [0.5, 0.6) is 5.75 Å². The maximum absolute atomic E-state index is 12.2. The van der Waals surface area contributed by atoms with Crippen LogP contribution in [0.1, 0.15) is 29.8 Å². The van der Waals surface area contributed by atoms with Crippen molar-refractivity contribution in [3.63, 3.8) is 0 Å². The number of rotatable bonds is 11. The molecule has 174 valence electrons. The van der Waals surface area contributed by atoms with Crippen molar-refractivity contribution >= 4 is 17.7 Å². The first-order chi connectivity index (χ1) is 16.7. The Kier molecular flexibility index (Phi) is 8.35. The standard InChI is InChI=1S/C27H28N4O2S/c1-33-24-16-14-23(15-17-24)31-25(19-21-9-4-2-5-10-21)29-30-27(31)34-18-8-13-26(32)28-20-22-11-6-3-7-12-22/h2-7,9-12,14-17H,8,13,18-20H2,1H3,(H,28,32). The lowest BCUT2D eigenvalue weighted by Crippen LogP contribution is -2.22. The van der Waals surface area contributed by atoms with Crippen LogP contribution < -0.4 is 10.1 Å². The predicted octanol–water partition coefficient (Wildman–Crippen LogP) is 5.06. The van der Waals surface area contributed by atoms with Crippen LogP contribution in [0.3, 0.4) is 0 Å². The van der Waals surface area contributed by atoms with Gasteiger partial charge in [-0.15, -0.1) is 10.2 Å². The Hall–Kier alpha value is -3.58. The van der Waals surface area contributed by atoms with Gasteiger partial charge in [-0.2, -0.15) is 0 Å². The Bertz CT molecular complexity index is 1180. The van der Waals surface area contributed by atoms with E-state index >= 15 is 0 Å². The molecule has 0 fully saturated rings. The highest BCUT2D eigenvalue weighted by Gasteiger charge is 2.15. The Labute approximate surface area is 204 Å². The lowest BCUT2D eigenvalue weighted by Gasteiger charge is -2.11. The molecule has 0 unspecified atom stereocenters. The van der Waals surface area contributed by atoms with Crippen molar-refractivity contribution in [2.75, 3.05) is 12.9 Å². The summed E-state index contributed by atoms with van der Waals surface area (Å²) in [6, 6.07) is 28.1. The molecule has 1 heterocycles. The van der Waals surface area contributed by atoms with Gasteiger partial charge in [0.05, 0.1) is 7.11 Å². The molecule has 4 aromatic rings. The van der Waals surface area contributed by atoms with Crippen molar-refractivity contribution in [2.45, 2.75) is 31.0 Å². The molecule has 0 saturated heterocycles. The van der Waals surface area contributed by atoms with E-state index < -0.39 is 0 Å². The summed E-state index contributed by atoms with van der Waals surface area (Å²) < 4.78 is 7.40. The molecular weight excluding hydrogens is 444 g/mol.